The molecule has 0 saturated heterocycles. The van der Waals surface area contributed by atoms with Gasteiger partial charge in [0.25, 0.3) is 5.69 Å². The number of sulfonamides is 1. The molecule has 1 aromatic rings. The fourth-order valence-corrected chi connectivity index (χ4v) is 3.51. The highest BCUT2D eigenvalue weighted by atomic mass is 35.5. The lowest BCUT2D eigenvalue weighted by Gasteiger charge is -2.14. The van der Waals surface area contributed by atoms with Crippen LogP contribution in [0.1, 0.15) is 33.1 Å². The van der Waals surface area contributed by atoms with Crippen LogP contribution in [0.2, 0.25) is 5.02 Å². The molecule has 0 saturated carbocycles. The van der Waals surface area contributed by atoms with Crippen LogP contribution in [-0.2, 0) is 10.0 Å². The summed E-state index contributed by atoms with van der Waals surface area (Å²) in [6.45, 7) is 3.76. The Bertz CT molecular complexity index is 589. The van der Waals surface area contributed by atoms with E-state index in [-0.39, 0.29) is 21.6 Å². The molecule has 8 heteroatoms. The van der Waals surface area contributed by atoms with E-state index in [1.54, 1.807) is 6.92 Å². The summed E-state index contributed by atoms with van der Waals surface area (Å²) in [5.41, 5.74) is -0.309. The topological polar surface area (TPSA) is 89.3 Å². The number of nitro benzene ring substituents is 1. The summed E-state index contributed by atoms with van der Waals surface area (Å²) in [6, 6.07) is 3.10. The first-order chi connectivity index (χ1) is 9.27. The summed E-state index contributed by atoms with van der Waals surface area (Å²) in [7, 11) is -3.86. The molecule has 0 heterocycles. The third-order valence-electron chi connectivity index (χ3n) is 2.76. The molecule has 1 atom stereocenters. The Morgan fingerprint density at radius 1 is 1.45 bits per heavy atom. The molecular weight excluding hydrogens is 304 g/mol. The van der Waals surface area contributed by atoms with Crippen molar-refractivity contribution in [1.82, 2.24) is 4.72 Å². The Labute approximate surface area is 123 Å². The second kappa shape index (κ2) is 7.01. The van der Waals surface area contributed by atoms with Gasteiger partial charge in [-0.05, 0) is 19.4 Å². The summed E-state index contributed by atoms with van der Waals surface area (Å²) >= 11 is 5.83. The minimum absolute atomic E-state index is 0.0363. The Kier molecular flexibility index (Phi) is 5.91. The number of nitrogens with zero attached hydrogens (tertiary/aromatic N) is 1. The number of halogens is 1. The summed E-state index contributed by atoms with van der Waals surface area (Å²) in [4.78, 5) is 9.78. The number of non-ortho nitro benzene ring substituents is 1. The number of hydrogen-bond acceptors (Lipinski definition) is 4. The fraction of sp³-hybridized carbons (Fsp3) is 0.500. The molecule has 0 aliphatic heterocycles. The zero-order valence-corrected chi connectivity index (χ0v) is 12.9. The molecule has 0 radical (unpaired) electrons. The van der Waals surface area contributed by atoms with Crippen LogP contribution in [0.3, 0.4) is 0 Å². The van der Waals surface area contributed by atoms with E-state index in [1.165, 1.54) is 12.1 Å². The van der Waals surface area contributed by atoms with Crippen LogP contribution in [0, 0.1) is 10.1 Å². The lowest BCUT2D eigenvalue weighted by molar-refractivity contribution is -0.385. The molecule has 1 rings (SSSR count). The van der Waals surface area contributed by atoms with Gasteiger partial charge in [0.05, 0.1) is 9.95 Å². The van der Waals surface area contributed by atoms with Crippen LogP contribution >= 0.6 is 11.6 Å². The average molecular weight is 321 g/mol. The van der Waals surface area contributed by atoms with Crippen LogP contribution in [-0.4, -0.2) is 19.4 Å². The third kappa shape index (κ3) is 4.43. The van der Waals surface area contributed by atoms with E-state index in [0.717, 1.165) is 18.9 Å². The second-order valence-corrected chi connectivity index (χ2v) is 6.63. The number of benzene rings is 1. The molecule has 0 aliphatic rings. The van der Waals surface area contributed by atoms with Gasteiger partial charge in [-0.15, -0.1) is 0 Å². The predicted octanol–water partition coefficient (Wildman–Crippen LogP) is 3.11. The monoisotopic (exact) mass is 320 g/mol. The SMILES string of the molecule is CCCCC(C)NS(=O)(=O)c1cc([N+](=O)[O-])ccc1Cl. The summed E-state index contributed by atoms with van der Waals surface area (Å²) in [5, 5.41) is 10.7. The largest absolute Gasteiger partial charge is 0.270 e. The summed E-state index contributed by atoms with van der Waals surface area (Å²) in [5.74, 6) is 0. The standard InChI is InChI=1S/C12H17ClN2O4S/c1-3-4-5-9(2)14-20(18,19)12-8-10(15(16)17)6-7-11(12)13/h6-9,14H,3-5H2,1-2H3. The van der Waals surface area contributed by atoms with Crippen LogP contribution in [0.25, 0.3) is 0 Å². The van der Waals surface area contributed by atoms with Crippen LogP contribution in [0.15, 0.2) is 23.1 Å². The molecule has 112 valence electrons. The van der Waals surface area contributed by atoms with Crippen LogP contribution in [0.5, 0.6) is 0 Å². The molecule has 1 unspecified atom stereocenters. The van der Waals surface area contributed by atoms with Gasteiger partial charge in [-0.2, -0.15) is 0 Å². The van der Waals surface area contributed by atoms with Crippen molar-refractivity contribution in [3.8, 4) is 0 Å². The van der Waals surface area contributed by atoms with E-state index in [4.69, 9.17) is 11.6 Å². The molecule has 0 spiro atoms. The first-order valence-electron chi connectivity index (χ1n) is 6.24. The fourth-order valence-electron chi connectivity index (χ4n) is 1.71. The van der Waals surface area contributed by atoms with E-state index in [2.05, 4.69) is 4.72 Å². The molecule has 0 amide bonds. The molecule has 20 heavy (non-hydrogen) atoms. The molecule has 1 aromatic carbocycles. The van der Waals surface area contributed by atoms with Crippen molar-refractivity contribution < 1.29 is 13.3 Å². The molecule has 0 fully saturated rings. The minimum Gasteiger partial charge on any atom is -0.258 e. The number of nitro groups is 1. The molecular formula is C12H17ClN2O4S. The van der Waals surface area contributed by atoms with Crippen molar-refractivity contribution in [3.63, 3.8) is 0 Å². The van der Waals surface area contributed by atoms with Crippen LogP contribution in [0.4, 0.5) is 5.69 Å². The second-order valence-electron chi connectivity index (χ2n) is 4.54. The highest BCUT2D eigenvalue weighted by Gasteiger charge is 2.23. The maximum absolute atomic E-state index is 12.2. The van der Waals surface area contributed by atoms with Crippen molar-refractivity contribution >= 4 is 27.3 Å². The predicted molar refractivity (Wildman–Crippen MR) is 77.4 cm³/mol. The van der Waals surface area contributed by atoms with Gasteiger partial charge >= 0.3 is 0 Å². The Morgan fingerprint density at radius 2 is 2.10 bits per heavy atom. The highest BCUT2D eigenvalue weighted by Crippen LogP contribution is 2.26. The van der Waals surface area contributed by atoms with Gasteiger partial charge < -0.3 is 0 Å². The van der Waals surface area contributed by atoms with E-state index in [1.807, 2.05) is 6.92 Å². The molecule has 1 N–H and O–H groups in total. The first kappa shape index (κ1) is 16.9. The van der Waals surface area contributed by atoms with Crippen LogP contribution < -0.4 is 4.72 Å². The quantitative estimate of drug-likeness (QED) is 0.617. The minimum atomic E-state index is -3.86. The smallest absolute Gasteiger partial charge is 0.258 e. The van der Waals surface area contributed by atoms with E-state index in [0.29, 0.717) is 6.42 Å². The Hall–Kier alpha value is -1.18. The zero-order chi connectivity index (χ0) is 15.3. The van der Waals surface area contributed by atoms with Gasteiger partial charge in [-0.3, -0.25) is 10.1 Å². The lowest BCUT2D eigenvalue weighted by Crippen LogP contribution is -2.32. The van der Waals surface area contributed by atoms with Crippen molar-refractivity contribution in [3.05, 3.63) is 33.3 Å². The van der Waals surface area contributed by atoms with Gasteiger partial charge in [0, 0.05) is 18.2 Å². The molecule has 0 aromatic heterocycles. The lowest BCUT2D eigenvalue weighted by atomic mass is 10.2. The van der Waals surface area contributed by atoms with Gasteiger partial charge in [0.2, 0.25) is 10.0 Å². The zero-order valence-electron chi connectivity index (χ0n) is 11.3. The summed E-state index contributed by atoms with van der Waals surface area (Å²) < 4.78 is 26.8. The number of rotatable bonds is 7. The van der Waals surface area contributed by atoms with E-state index >= 15 is 0 Å². The van der Waals surface area contributed by atoms with Crippen molar-refractivity contribution in [2.24, 2.45) is 0 Å². The van der Waals surface area contributed by atoms with Gasteiger partial charge in [-0.25, -0.2) is 13.1 Å². The molecule has 6 nitrogen and oxygen atoms in total. The van der Waals surface area contributed by atoms with Gasteiger partial charge in [0.15, 0.2) is 0 Å². The molecule has 0 aliphatic carbocycles. The summed E-state index contributed by atoms with van der Waals surface area (Å²) in [6.07, 6.45) is 2.55. The Balaban J connectivity index is 3.03. The van der Waals surface area contributed by atoms with Crippen molar-refractivity contribution in [2.45, 2.75) is 44.0 Å². The number of nitrogens with one attached hydrogen (secondary N) is 1. The number of hydrogen-bond donors (Lipinski definition) is 1. The number of unbranched alkanes of at least 4 members (excludes halogenated alkanes) is 1. The highest BCUT2D eigenvalue weighted by molar-refractivity contribution is 7.89. The van der Waals surface area contributed by atoms with Gasteiger partial charge in [0.1, 0.15) is 4.90 Å². The maximum Gasteiger partial charge on any atom is 0.270 e. The first-order valence-corrected chi connectivity index (χ1v) is 8.10. The maximum atomic E-state index is 12.2. The van der Waals surface area contributed by atoms with Gasteiger partial charge in [-0.1, -0.05) is 31.4 Å². The van der Waals surface area contributed by atoms with E-state index < -0.39 is 14.9 Å². The Morgan fingerprint density at radius 3 is 2.65 bits per heavy atom. The van der Waals surface area contributed by atoms with Crippen molar-refractivity contribution in [1.29, 1.82) is 0 Å². The van der Waals surface area contributed by atoms with Crippen molar-refractivity contribution in [2.75, 3.05) is 0 Å². The third-order valence-corrected chi connectivity index (χ3v) is 4.83. The van der Waals surface area contributed by atoms with E-state index in [9.17, 15) is 18.5 Å². The average Bonchev–Trinajstić information content (AvgIpc) is 2.35. The molecule has 0 bridgehead atoms. The normalized spacial score (nSPS) is 13.2.